The highest BCUT2D eigenvalue weighted by molar-refractivity contribution is 6.68. The predicted octanol–water partition coefficient (Wildman–Crippen LogP) is 1.69. The molecule has 0 nitrogen and oxygen atoms in total. The molecule has 0 aromatic heterocycles. The summed E-state index contributed by atoms with van der Waals surface area (Å²) in [5, 5.41) is 0. The fraction of sp³-hybridized carbons (Fsp3) is 0.143. The van der Waals surface area contributed by atoms with Gasteiger partial charge in [-0.25, -0.2) is 0 Å². The van der Waals surface area contributed by atoms with Crippen LogP contribution in [0.3, 0.4) is 0 Å². The zero-order valence-electron chi connectivity index (χ0n) is 9.33. The van der Waals surface area contributed by atoms with Gasteiger partial charge >= 0.3 is 15.2 Å². The summed E-state index contributed by atoms with van der Waals surface area (Å²) in [6.07, 6.45) is 0. The van der Waals surface area contributed by atoms with Crippen LogP contribution in [0.5, 0.6) is 0 Å². The average Bonchev–Trinajstić information content (AvgIpc) is 2.24. The smallest absolute Gasteiger partial charge is 0.106 e. The van der Waals surface area contributed by atoms with Crippen LogP contribution in [-0.4, -0.2) is 15.2 Å². The van der Waals surface area contributed by atoms with E-state index in [0.717, 1.165) is 0 Å². The Kier molecular flexibility index (Phi) is 3.26. The van der Waals surface area contributed by atoms with Gasteiger partial charge in [-0.15, -0.1) is 8.85 Å². The molecule has 0 fully saturated rings. The Morgan fingerprint density at radius 2 is 1.07 bits per heavy atom. The van der Waals surface area contributed by atoms with Crippen LogP contribution in [0.2, 0.25) is 0 Å². The van der Waals surface area contributed by atoms with E-state index in [1.807, 2.05) is 0 Å². The minimum atomic E-state index is -0.292. The van der Waals surface area contributed by atoms with Crippen LogP contribution < -0.4 is 8.85 Å². The van der Waals surface area contributed by atoms with Crippen LogP contribution in [0.15, 0.2) is 48.5 Å². The molecule has 0 aliphatic carbocycles. The van der Waals surface area contributed by atoms with Crippen molar-refractivity contribution in [2.45, 2.75) is 13.8 Å². The van der Waals surface area contributed by atoms with Gasteiger partial charge in [-0.3, -0.25) is 0 Å². The molecule has 0 saturated heterocycles. The zero-order valence-corrected chi connectivity index (χ0v) is 10.7. The topological polar surface area (TPSA) is 0 Å². The summed E-state index contributed by atoms with van der Waals surface area (Å²) in [7, 11) is 0. The first kappa shape index (κ1) is 10.5. The summed E-state index contributed by atoms with van der Waals surface area (Å²) >= 11 is -0.292. The molecule has 0 N–H and O–H groups in total. The molecule has 0 atom stereocenters. The van der Waals surface area contributed by atoms with Crippen LogP contribution in [0, 0.1) is 13.8 Å². The number of hydrogen-bond donors (Lipinski definition) is 0. The summed E-state index contributed by atoms with van der Waals surface area (Å²) in [5.74, 6) is 0. The molecule has 0 amide bonds. The number of hydrogen-bond acceptors (Lipinski definition) is 0. The second kappa shape index (κ2) is 4.66. The fourth-order valence-corrected chi connectivity index (χ4v) is 3.53. The highest BCUT2D eigenvalue weighted by Gasteiger charge is 2.04. The van der Waals surface area contributed by atoms with Crippen molar-refractivity contribution in [1.82, 2.24) is 0 Å². The molecule has 0 unspecified atom stereocenters. The first-order chi connectivity index (χ1) is 7.27. The van der Waals surface area contributed by atoms with E-state index >= 15 is 0 Å². The van der Waals surface area contributed by atoms with Gasteiger partial charge in [0.1, 0.15) is 0 Å². The van der Waals surface area contributed by atoms with Crippen molar-refractivity contribution in [1.29, 1.82) is 0 Å². The van der Waals surface area contributed by atoms with Gasteiger partial charge in [-0.2, -0.15) is 0 Å². The molecule has 1 heteroatoms. The number of benzene rings is 2. The van der Waals surface area contributed by atoms with Crippen LogP contribution in [0.1, 0.15) is 11.1 Å². The Balaban J connectivity index is 2.30. The molecule has 0 aliphatic rings. The Morgan fingerprint density at radius 1 is 0.667 bits per heavy atom. The highest BCUT2D eigenvalue weighted by Crippen LogP contribution is 1.95. The molecule has 0 spiro atoms. The highest BCUT2D eigenvalue weighted by atomic mass is 27.1. The van der Waals surface area contributed by atoms with Crippen molar-refractivity contribution in [2.75, 3.05) is 0 Å². The Bertz CT molecular complexity index is 417. The molecule has 2 aromatic carbocycles. The van der Waals surface area contributed by atoms with Crippen molar-refractivity contribution in [3.8, 4) is 0 Å². The van der Waals surface area contributed by atoms with Crippen LogP contribution in [0.4, 0.5) is 0 Å². The van der Waals surface area contributed by atoms with Gasteiger partial charge in [0.15, 0.2) is 0 Å². The van der Waals surface area contributed by atoms with Crippen molar-refractivity contribution >= 4 is 24.1 Å². The Morgan fingerprint density at radius 3 is 1.47 bits per heavy atom. The molecule has 0 bridgehead atoms. The van der Waals surface area contributed by atoms with Crippen LogP contribution >= 0.6 is 0 Å². The lowest BCUT2D eigenvalue weighted by Crippen LogP contribution is -2.30. The molecule has 2 aromatic rings. The third kappa shape index (κ3) is 2.50. The minimum absolute atomic E-state index is 0.292. The molecular weight excluding hydrogens is 195 g/mol. The van der Waals surface area contributed by atoms with Crippen LogP contribution in [-0.2, 0) is 0 Å². The quantitative estimate of drug-likeness (QED) is 0.662. The van der Waals surface area contributed by atoms with Gasteiger partial charge in [-0.05, 0) is 13.8 Å². The summed E-state index contributed by atoms with van der Waals surface area (Å²) in [6.45, 7) is 4.42. The molecule has 15 heavy (non-hydrogen) atoms. The number of aryl methyl sites for hydroxylation is 2. The van der Waals surface area contributed by atoms with Gasteiger partial charge in [0, 0.05) is 0 Å². The van der Waals surface area contributed by atoms with E-state index in [4.69, 9.17) is 0 Å². The van der Waals surface area contributed by atoms with Crippen molar-refractivity contribution in [2.24, 2.45) is 0 Å². The summed E-state index contributed by atoms with van der Waals surface area (Å²) in [5.41, 5.74) is 2.87. The van der Waals surface area contributed by atoms with E-state index in [1.54, 1.807) is 8.85 Å². The van der Waals surface area contributed by atoms with Gasteiger partial charge in [-0.1, -0.05) is 59.7 Å². The standard InChI is InChI=1S/2C7H7.Al.H/c2*1-7-5-3-2-4-6-7;;/h2*2-5H,1H3;;. The average molecular weight is 210 g/mol. The lowest BCUT2D eigenvalue weighted by Gasteiger charge is -2.06. The third-order valence-electron chi connectivity index (χ3n) is 2.90. The van der Waals surface area contributed by atoms with Gasteiger partial charge in [0.05, 0.1) is 0 Å². The normalized spacial score (nSPS) is 10.0. The van der Waals surface area contributed by atoms with Crippen LogP contribution in [0.25, 0.3) is 0 Å². The maximum absolute atomic E-state index is 2.27. The van der Waals surface area contributed by atoms with E-state index in [-0.39, 0.29) is 15.2 Å². The van der Waals surface area contributed by atoms with E-state index in [1.165, 1.54) is 11.1 Å². The first-order valence-corrected chi connectivity index (χ1v) is 6.78. The summed E-state index contributed by atoms with van der Waals surface area (Å²) in [6, 6.07) is 17.5. The van der Waals surface area contributed by atoms with E-state index < -0.39 is 0 Å². The lowest BCUT2D eigenvalue weighted by molar-refractivity contribution is 1.50. The second-order valence-electron chi connectivity index (χ2n) is 4.03. The monoisotopic (exact) mass is 210 g/mol. The van der Waals surface area contributed by atoms with Gasteiger partial charge in [0.2, 0.25) is 0 Å². The lowest BCUT2D eigenvalue weighted by atomic mass is 10.2. The van der Waals surface area contributed by atoms with Gasteiger partial charge in [0.25, 0.3) is 0 Å². The molecular formula is C14H15Al. The second-order valence-corrected chi connectivity index (χ2v) is 5.91. The maximum Gasteiger partial charge on any atom is 0.324 e. The zero-order chi connectivity index (χ0) is 10.7. The summed E-state index contributed by atoms with van der Waals surface area (Å²) in [4.78, 5) is 0. The maximum atomic E-state index is 2.27. The molecule has 0 saturated carbocycles. The first-order valence-electron chi connectivity index (χ1n) is 5.36. The van der Waals surface area contributed by atoms with E-state index in [2.05, 4.69) is 62.4 Å². The Hall–Kier alpha value is -1.03. The minimum Gasteiger partial charge on any atom is -0.106 e. The van der Waals surface area contributed by atoms with Crippen molar-refractivity contribution in [3.05, 3.63) is 59.7 Å². The summed E-state index contributed by atoms with van der Waals surface area (Å²) < 4.78 is 3.12. The van der Waals surface area contributed by atoms with Gasteiger partial charge < -0.3 is 0 Å². The molecule has 0 radical (unpaired) electrons. The molecule has 0 heterocycles. The van der Waals surface area contributed by atoms with E-state index in [0.29, 0.717) is 0 Å². The molecule has 0 aliphatic heterocycles. The van der Waals surface area contributed by atoms with Crippen molar-refractivity contribution in [3.63, 3.8) is 0 Å². The Labute approximate surface area is 97.7 Å². The van der Waals surface area contributed by atoms with E-state index in [9.17, 15) is 0 Å². The molecule has 2 rings (SSSR count). The third-order valence-corrected chi connectivity index (χ3v) is 5.25. The largest absolute Gasteiger partial charge is 0.324 e. The SMILES string of the molecule is Cc1cccc[c]1[AlH][c]1ccccc1C. The fourth-order valence-electron chi connectivity index (χ4n) is 1.82. The van der Waals surface area contributed by atoms with Crippen molar-refractivity contribution < 1.29 is 0 Å². The number of rotatable bonds is 2. The predicted molar refractivity (Wildman–Crippen MR) is 68.8 cm³/mol. The molecule has 74 valence electrons.